The molecule has 0 heteroatoms. The van der Waals surface area contributed by atoms with Crippen LogP contribution in [0.3, 0.4) is 0 Å². The molecule has 0 aromatic carbocycles. The highest BCUT2D eigenvalue weighted by molar-refractivity contribution is 4.57. The van der Waals surface area contributed by atoms with Gasteiger partial charge in [-0.05, 0) is 11.8 Å². The van der Waals surface area contributed by atoms with Crippen LogP contribution in [0.15, 0.2) is 0 Å². The summed E-state index contributed by atoms with van der Waals surface area (Å²) in [6, 6.07) is 0. The van der Waals surface area contributed by atoms with Crippen LogP contribution in [0.5, 0.6) is 0 Å². The van der Waals surface area contributed by atoms with Gasteiger partial charge in [-0.1, -0.05) is 111 Å². The second-order valence-electron chi connectivity index (χ2n) is 6.90. The Hall–Kier alpha value is 0. The summed E-state index contributed by atoms with van der Waals surface area (Å²) in [5.74, 6) is 1.79. The fourth-order valence-corrected chi connectivity index (χ4v) is 2.64. The number of hydrogen-bond acceptors (Lipinski definition) is 0. The van der Waals surface area contributed by atoms with E-state index in [4.69, 9.17) is 0 Å². The summed E-state index contributed by atoms with van der Waals surface area (Å²) in [6.45, 7) is 9.40. The van der Waals surface area contributed by atoms with Crippen molar-refractivity contribution in [3.63, 3.8) is 0 Å². The highest BCUT2D eigenvalue weighted by Crippen LogP contribution is 2.18. The molecule has 0 fully saturated rings. The third kappa shape index (κ3) is 14.2. The Balaban J connectivity index is 3.03. The Labute approximate surface area is 123 Å². The molecule has 0 spiro atoms. The molecule has 0 heterocycles. The first-order chi connectivity index (χ1) is 9.18. The second-order valence-corrected chi connectivity index (χ2v) is 6.90. The minimum absolute atomic E-state index is 0.868. The molecule has 0 rings (SSSR count). The molecule has 0 radical (unpaired) electrons. The zero-order valence-corrected chi connectivity index (χ0v) is 14.3. The molecule has 0 aromatic heterocycles. The third-order valence-corrected chi connectivity index (χ3v) is 4.65. The average Bonchev–Trinajstić information content (AvgIpc) is 2.39. The summed E-state index contributed by atoms with van der Waals surface area (Å²) in [5.41, 5.74) is 0. The van der Waals surface area contributed by atoms with Gasteiger partial charge in [-0.15, -0.1) is 0 Å². The zero-order valence-electron chi connectivity index (χ0n) is 14.3. The maximum Gasteiger partial charge on any atom is -0.0420 e. The predicted molar refractivity (Wildman–Crippen MR) is 89.7 cm³/mol. The van der Waals surface area contributed by atoms with Crippen molar-refractivity contribution in [1.82, 2.24) is 0 Å². The number of unbranched alkanes of at least 4 members (excludes halogenated alkanes) is 11. The lowest BCUT2D eigenvalue weighted by Gasteiger charge is -2.14. The van der Waals surface area contributed by atoms with Crippen LogP contribution >= 0.6 is 0 Å². The van der Waals surface area contributed by atoms with Crippen LogP contribution in [0.1, 0.15) is 111 Å². The Morgan fingerprint density at radius 3 is 1.26 bits per heavy atom. The Morgan fingerprint density at radius 1 is 0.526 bits per heavy atom. The highest BCUT2D eigenvalue weighted by atomic mass is 14.1. The van der Waals surface area contributed by atoms with Crippen molar-refractivity contribution >= 4 is 0 Å². The average molecular weight is 269 g/mol. The lowest BCUT2D eigenvalue weighted by Crippen LogP contribution is -2.03. The molecule has 0 aromatic rings. The van der Waals surface area contributed by atoms with Gasteiger partial charge in [0.1, 0.15) is 0 Å². The summed E-state index contributed by atoms with van der Waals surface area (Å²) < 4.78 is 0. The quantitative estimate of drug-likeness (QED) is 0.288. The zero-order chi connectivity index (χ0) is 14.3. The molecule has 0 bridgehead atoms. The molecule has 0 aliphatic rings. The van der Waals surface area contributed by atoms with E-state index in [-0.39, 0.29) is 0 Å². The minimum Gasteiger partial charge on any atom is -0.0654 e. The molecule has 1 unspecified atom stereocenters. The summed E-state index contributed by atoms with van der Waals surface area (Å²) in [4.78, 5) is 0. The maximum absolute atomic E-state index is 2.41. The van der Waals surface area contributed by atoms with E-state index in [1.54, 1.807) is 0 Å². The van der Waals surface area contributed by atoms with Gasteiger partial charge in [0.2, 0.25) is 0 Å². The Morgan fingerprint density at radius 2 is 0.895 bits per heavy atom. The van der Waals surface area contributed by atoms with Gasteiger partial charge < -0.3 is 0 Å². The van der Waals surface area contributed by atoms with E-state index in [9.17, 15) is 0 Å². The molecule has 0 aliphatic heterocycles. The molecule has 0 saturated heterocycles. The highest BCUT2D eigenvalue weighted by Gasteiger charge is 2.05. The summed E-state index contributed by atoms with van der Waals surface area (Å²) in [6.07, 6.45) is 19.0. The fourth-order valence-electron chi connectivity index (χ4n) is 2.64. The summed E-state index contributed by atoms with van der Waals surface area (Å²) in [7, 11) is 0. The molecule has 0 amide bonds. The van der Waals surface area contributed by atoms with Crippen molar-refractivity contribution in [3.05, 3.63) is 0 Å². The van der Waals surface area contributed by atoms with E-state index in [0.717, 1.165) is 11.8 Å². The van der Waals surface area contributed by atoms with Crippen molar-refractivity contribution in [2.75, 3.05) is 0 Å². The van der Waals surface area contributed by atoms with Crippen LogP contribution in [-0.4, -0.2) is 0 Å². The van der Waals surface area contributed by atoms with Crippen molar-refractivity contribution in [3.8, 4) is 0 Å². The van der Waals surface area contributed by atoms with Crippen LogP contribution in [-0.2, 0) is 0 Å². The van der Waals surface area contributed by atoms with Crippen LogP contribution in [0.2, 0.25) is 0 Å². The Kier molecular flexibility index (Phi) is 14.4. The lowest BCUT2D eigenvalue weighted by molar-refractivity contribution is 0.374. The number of hydrogen-bond donors (Lipinski definition) is 0. The first-order valence-corrected chi connectivity index (χ1v) is 9.18. The first kappa shape index (κ1) is 19.0. The SMILES string of the molecule is CCCCCCCCCCCCCCC(C)C(C)C. The van der Waals surface area contributed by atoms with Crippen molar-refractivity contribution in [2.45, 2.75) is 111 Å². The van der Waals surface area contributed by atoms with Crippen molar-refractivity contribution in [1.29, 1.82) is 0 Å². The lowest BCUT2D eigenvalue weighted by atomic mass is 9.92. The maximum atomic E-state index is 2.41. The topological polar surface area (TPSA) is 0 Å². The van der Waals surface area contributed by atoms with Crippen LogP contribution < -0.4 is 0 Å². The normalized spacial score (nSPS) is 13.1. The largest absolute Gasteiger partial charge is 0.0654 e. The summed E-state index contributed by atoms with van der Waals surface area (Å²) in [5, 5.41) is 0. The van der Waals surface area contributed by atoms with Crippen molar-refractivity contribution < 1.29 is 0 Å². The smallest absolute Gasteiger partial charge is 0.0420 e. The fraction of sp³-hybridized carbons (Fsp3) is 1.00. The minimum atomic E-state index is 0.868. The van der Waals surface area contributed by atoms with Gasteiger partial charge in [-0.2, -0.15) is 0 Å². The van der Waals surface area contributed by atoms with Gasteiger partial charge in [0, 0.05) is 0 Å². The monoisotopic (exact) mass is 268 g/mol. The second kappa shape index (κ2) is 14.4. The molecule has 0 N–H and O–H groups in total. The van der Waals surface area contributed by atoms with Gasteiger partial charge >= 0.3 is 0 Å². The molecular weight excluding hydrogens is 228 g/mol. The van der Waals surface area contributed by atoms with E-state index in [0.29, 0.717) is 0 Å². The third-order valence-electron chi connectivity index (χ3n) is 4.65. The van der Waals surface area contributed by atoms with Gasteiger partial charge in [0.05, 0.1) is 0 Å². The van der Waals surface area contributed by atoms with Gasteiger partial charge in [-0.25, -0.2) is 0 Å². The molecule has 1 atom stereocenters. The van der Waals surface area contributed by atoms with Crippen molar-refractivity contribution in [2.24, 2.45) is 11.8 Å². The van der Waals surface area contributed by atoms with E-state index in [1.165, 1.54) is 83.5 Å². The van der Waals surface area contributed by atoms with Gasteiger partial charge in [0.25, 0.3) is 0 Å². The van der Waals surface area contributed by atoms with E-state index < -0.39 is 0 Å². The van der Waals surface area contributed by atoms with Gasteiger partial charge in [-0.3, -0.25) is 0 Å². The van der Waals surface area contributed by atoms with E-state index >= 15 is 0 Å². The van der Waals surface area contributed by atoms with E-state index in [1.807, 2.05) is 0 Å². The molecule has 0 aliphatic carbocycles. The van der Waals surface area contributed by atoms with Gasteiger partial charge in [0.15, 0.2) is 0 Å². The molecule has 116 valence electrons. The predicted octanol–water partition coefficient (Wildman–Crippen LogP) is 7.37. The van der Waals surface area contributed by atoms with Crippen LogP contribution in [0.25, 0.3) is 0 Å². The molecular formula is C19H40. The Bertz CT molecular complexity index is 159. The van der Waals surface area contributed by atoms with Crippen LogP contribution in [0, 0.1) is 11.8 Å². The number of rotatable bonds is 14. The van der Waals surface area contributed by atoms with Crippen LogP contribution in [0.4, 0.5) is 0 Å². The first-order valence-electron chi connectivity index (χ1n) is 9.18. The standard InChI is InChI=1S/C19H40/c1-5-6-7-8-9-10-11-12-13-14-15-16-17-19(4)18(2)3/h18-19H,5-17H2,1-4H3. The summed E-state index contributed by atoms with van der Waals surface area (Å²) >= 11 is 0. The van der Waals surface area contributed by atoms with E-state index in [2.05, 4.69) is 27.7 Å². The molecule has 0 saturated carbocycles. The molecule has 19 heavy (non-hydrogen) atoms. The molecule has 0 nitrogen and oxygen atoms in total.